The van der Waals surface area contributed by atoms with E-state index < -0.39 is 5.60 Å². The summed E-state index contributed by atoms with van der Waals surface area (Å²) in [6.45, 7) is 7.97. The smallest absolute Gasteiger partial charge is 0.410 e. The Morgan fingerprint density at radius 1 is 1.52 bits per heavy atom. The molecular weight excluding hydrogens is 334 g/mol. The number of hydrogen-bond donors (Lipinski definition) is 1. The summed E-state index contributed by atoms with van der Waals surface area (Å²) in [5, 5.41) is 3.31. The molecule has 0 aliphatic carbocycles. The maximum Gasteiger partial charge on any atom is 0.410 e. The first-order chi connectivity index (χ1) is 9.83. The lowest BCUT2D eigenvalue weighted by molar-refractivity contribution is 0.0289. The van der Waals surface area contributed by atoms with Gasteiger partial charge < -0.3 is 15.0 Å². The summed E-state index contributed by atoms with van der Waals surface area (Å²) < 4.78 is 6.36. The molecule has 0 aromatic carbocycles. The molecule has 0 spiro atoms. The zero-order chi connectivity index (χ0) is 15.5. The normalized spacial score (nSPS) is 18.7. The van der Waals surface area contributed by atoms with Gasteiger partial charge in [0.25, 0.3) is 0 Å². The second-order valence-corrected chi connectivity index (χ2v) is 7.24. The Balaban J connectivity index is 1.77. The lowest BCUT2D eigenvalue weighted by atomic mass is 10.1. The van der Waals surface area contributed by atoms with Crippen LogP contribution in [0.1, 0.15) is 27.2 Å². The second kappa shape index (κ2) is 6.64. The minimum absolute atomic E-state index is 0.216. The fourth-order valence-electron chi connectivity index (χ4n) is 2.22. The predicted molar refractivity (Wildman–Crippen MR) is 86.3 cm³/mol. The zero-order valence-corrected chi connectivity index (χ0v) is 14.3. The van der Waals surface area contributed by atoms with E-state index in [4.69, 9.17) is 4.74 Å². The molecule has 1 aromatic heterocycles. The molecule has 116 valence electrons. The maximum absolute atomic E-state index is 12.0. The van der Waals surface area contributed by atoms with Crippen molar-refractivity contribution < 1.29 is 9.53 Å². The highest BCUT2D eigenvalue weighted by Gasteiger charge is 2.29. The molecule has 1 aliphatic heterocycles. The molecule has 1 aromatic rings. The van der Waals surface area contributed by atoms with E-state index in [1.807, 2.05) is 32.9 Å². The van der Waals surface area contributed by atoms with Crippen LogP contribution in [-0.4, -0.2) is 41.2 Å². The van der Waals surface area contributed by atoms with Gasteiger partial charge in [0.2, 0.25) is 0 Å². The van der Waals surface area contributed by atoms with Crippen molar-refractivity contribution in [3.8, 4) is 0 Å². The van der Waals surface area contributed by atoms with Gasteiger partial charge >= 0.3 is 6.09 Å². The van der Waals surface area contributed by atoms with E-state index in [2.05, 4.69) is 26.2 Å². The van der Waals surface area contributed by atoms with Gasteiger partial charge in [-0.1, -0.05) is 0 Å². The van der Waals surface area contributed by atoms with Crippen LogP contribution in [-0.2, 0) is 4.74 Å². The van der Waals surface area contributed by atoms with Crippen molar-refractivity contribution in [3.05, 3.63) is 22.8 Å². The number of rotatable bonds is 3. The highest BCUT2D eigenvalue weighted by atomic mass is 79.9. The molecule has 1 atom stereocenters. The Morgan fingerprint density at radius 3 is 2.90 bits per heavy atom. The first kappa shape index (κ1) is 16.1. The third-order valence-corrected chi connectivity index (χ3v) is 3.71. The summed E-state index contributed by atoms with van der Waals surface area (Å²) in [6, 6.07) is 3.89. The number of nitrogens with one attached hydrogen (secondary N) is 1. The molecule has 2 heterocycles. The molecule has 0 saturated carbocycles. The molecule has 6 heteroatoms. The Morgan fingerprint density at radius 2 is 2.29 bits per heavy atom. The van der Waals surface area contributed by atoms with Crippen molar-refractivity contribution in [1.29, 1.82) is 0 Å². The molecule has 1 fully saturated rings. The van der Waals surface area contributed by atoms with Gasteiger partial charge in [-0.05, 0) is 61.2 Å². The van der Waals surface area contributed by atoms with Gasteiger partial charge in [0.15, 0.2) is 0 Å². The van der Waals surface area contributed by atoms with Gasteiger partial charge in [0.05, 0.1) is 0 Å². The quantitative estimate of drug-likeness (QED) is 0.901. The maximum atomic E-state index is 12.0. The average Bonchev–Trinajstić information content (AvgIpc) is 2.85. The van der Waals surface area contributed by atoms with Gasteiger partial charge in [0, 0.05) is 30.3 Å². The number of pyridine rings is 1. The predicted octanol–water partition coefficient (Wildman–Crippen LogP) is 3.51. The van der Waals surface area contributed by atoms with Crippen LogP contribution in [0.15, 0.2) is 22.8 Å². The van der Waals surface area contributed by atoms with E-state index in [9.17, 15) is 4.79 Å². The second-order valence-electron chi connectivity index (χ2n) is 6.32. The van der Waals surface area contributed by atoms with E-state index in [1.165, 1.54) is 0 Å². The van der Waals surface area contributed by atoms with Gasteiger partial charge in [-0.2, -0.15) is 0 Å². The number of ether oxygens (including phenoxy) is 1. The van der Waals surface area contributed by atoms with E-state index in [0.29, 0.717) is 5.92 Å². The van der Waals surface area contributed by atoms with E-state index in [1.54, 1.807) is 11.1 Å². The first-order valence-electron chi connectivity index (χ1n) is 7.17. The standard InChI is InChI=1S/C15H22BrN3O2/c1-15(2,3)21-14(20)19-7-6-11(10-19)8-17-13-5-4-12(16)9-18-13/h4-5,9,11H,6-8,10H2,1-3H3,(H,17,18)/t11-/m1/s1. The number of carbonyl (C=O) groups excluding carboxylic acids is 1. The topological polar surface area (TPSA) is 54.5 Å². The number of aromatic nitrogens is 1. The van der Waals surface area contributed by atoms with Gasteiger partial charge in [-0.25, -0.2) is 9.78 Å². The first-order valence-corrected chi connectivity index (χ1v) is 7.96. The largest absolute Gasteiger partial charge is 0.444 e. The molecule has 2 rings (SSSR count). The fourth-order valence-corrected chi connectivity index (χ4v) is 2.46. The average molecular weight is 356 g/mol. The minimum atomic E-state index is -0.436. The molecule has 1 aliphatic rings. The van der Waals surface area contributed by atoms with Gasteiger partial charge in [-0.15, -0.1) is 0 Å². The van der Waals surface area contributed by atoms with Gasteiger partial charge in [0.1, 0.15) is 11.4 Å². The Kier molecular flexibility index (Phi) is 5.08. The zero-order valence-electron chi connectivity index (χ0n) is 12.7. The monoisotopic (exact) mass is 355 g/mol. The van der Waals surface area contributed by atoms with Crippen LogP contribution in [0.25, 0.3) is 0 Å². The van der Waals surface area contributed by atoms with Crippen LogP contribution in [0.3, 0.4) is 0 Å². The van der Waals surface area contributed by atoms with E-state index in [0.717, 1.165) is 36.3 Å². The summed E-state index contributed by atoms with van der Waals surface area (Å²) >= 11 is 3.36. The Labute approximate surface area is 134 Å². The number of anilines is 1. The molecule has 1 N–H and O–H groups in total. The van der Waals surface area contributed by atoms with Crippen molar-refractivity contribution in [3.63, 3.8) is 0 Å². The number of likely N-dealkylation sites (tertiary alicyclic amines) is 1. The van der Waals surface area contributed by atoms with Crippen molar-refractivity contribution in [2.24, 2.45) is 5.92 Å². The van der Waals surface area contributed by atoms with Crippen LogP contribution in [0.5, 0.6) is 0 Å². The molecule has 0 radical (unpaired) electrons. The lowest BCUT2D eigenvalue weighted by Crippen LogP contribution is -2.35. The van der Waals surface area contributed by atoms with Crippen LogP contribution in [0, 0.1) is 5.92 Å². The summed E-state index contributed by atoms with van der Waals surface area (Å²) in [7, 11) is 0. The highest BCUT2D eigenvalue weighted by molar-refractivity contribution is 9.10. The SMILES string of the molecule is CC(C)(C)OC(=O)N1CC[C@H](CNc2ccc(Br)cn2)C1. The third-order valence-electron chi connectivity index (χ3n) is 3.24. The fraction of sp³-hybridized carbons (Fsp3) is 0.600. The van der Waals surface area contributed by atoms with Crippen LogP contribution >= 0.6 is 15.9 Å². The Hall–Kier alpha value is -1.30. The van der Waals surface area contributed by atoms with Crippen molar-refractivity contribution in [2.75, 3.05) is 25.0 Å². The third kappa shape index (κ3) is 5.19. The van der Waals surface area contributed by atoms with Gasteiger partial charge in [-0.3, -0.25) is 0 Å². The summed E-state index contributed by atoms with van der Waals surface area (Å²) in [4.78, 5) is 18.0. The summed E-state index contributed by atoms with van der Waals surface area (Å²) in [5.41, 5.74) is -0.436. The number of halogens is 1. The summed E-state index contributed by atoms with van der Waals surface area (Å²) in [5.74, 6) is 1.29. The molecule has 0 unspecified atom stereocenters. The number of amides is 1. The summed E-state index contributed by atoms with van der Waals surface area (Å²) in [6.07, 6.45) is 2.54. The number of nitrogens with zero attached hydrogens (tertiary/aromatic N) is 2. The Bertz CT molecular complexity index is 485. The van der Waals surface area contributed by atoms with Crippen molar-refractivity contribution in [2.45, 2.75) is 32.8 Å². The van der Waals surface area contributed by atoms with Crippen molar-refractivity contribution in [1.82, 2.24) is 9.88 Å². The molecule has 5 nitrogen and oxygen atoms in total. The van der Waals surface area contributed by atoms with Crippen LogP contribution < -0.4 is 5.32 Å². The molecule has 0 bridgehead atoms. The van der Waals surface area contributed by atoms with E-state index in [-0.39, 0.29) is 6.09 Å². The minimum Gasteiger partial charge on any atom is -0.444 e. The highest BCUT2D eigenvalue weighted by Crippen LogP contribution is 2.20. The van der Waals surface area contributed by atoms with Crippen LogP contribution in [0.2, 0.25) is 0 Å². The molecule has 21 heavy (non-hydrogen) atoms. The van der Waals surface area contributed by atoms with Crippen molar-refractivity contribution >= 4 is 27.8 Å². The van der Waals surface area contributed by atoms with E-state index >= 15 is 0 Å². The number of carbonyl (C=O) groups is 1. The lowest BCUT2D eigenvalue weighted by Gasteiger charge is -2.24. The molecular formula is C15H22BrN3O2. The number of hydrogen-bond acceptors (Lipinski definition) is 4. The van der Waals surface area contributed by atoms with Crippen LogP contribution in [0.4, 0.5) is 10.6 Å². The molecule has 1 amide bonds. The molecule has 1 saturated heterocycles.